The molecule has 2 aromatic carbocycles. The number of anilines is 1. The van der Waals surface area contributed by atoms with Crippen LogP contribution in [0.15, 0.2) is 36.4 Å². The van der Waals surface area contributed by atoms with Gasteiger partial charge in [0.15, 0.2) is 5.78 Å². The van der Waals surface area contributed by atoms with E-state index < -0.39 is 18.3 Å². The molecule has 28 heavy (non-hydrogen) atoms. The summed E-state index contributed by atoms with van der Waals surface area (Å²) in [5, 5.41) is 34.0. The summed E-state index contributed by atoms with van der Waals surface area (Å²) >= 11 is 0. The fourth-order valence-electron chi connectivity index (χ4n) is 2.69. The summed E-state index contributed by atoms with van der Waals surface area (Å²) in [5.74, 6) is -1.65. The lowest BCUT2D eigenvalue weighted by molar-refractivity contribution is -0.385. The number of hydrogen-bond donors (Lipinski definition) is 3. The lowest BCUT2D eigenvalue weighted by Gasteiger charge is -2.28. The summed E-state index contributed by atoms with van der Waals surface area (Å²) in [5.41, 5.74) is 0.819. The lowest BCUT2D eigenvalue weighted by atomic mass is 10.1. The number of phenolic OH excluding ortho intramolecular Hbond substituents is 2. The third kappa shape index (κ3) is 4.81. The molecule has 0 saturated carbocycles. The zero-order valence-corrected chi connectivity index (χ0v) is 16.7. The number of phenols is 2. The summed E-state index contributed by atoms with van der Waals surface area (Å²) in [4.78, 5) is 10.7. The molecule has 0 spiro atoms. The van der Waals surface area contributed by atoms with Gasteiger partial charge in [0.1, 0.15) is 11.5 Å². The Morgan fingerprint density at radius 2 is 1.79 bits per heavy atom. The van der Waals surface area contributed by atoms with E-state index in [0.29, 0.717) is 11.3 Å². The van der Waals surface area contributed by atoms with Crippen LogP contribution in [-0.2, 0) is 13.6 Å². The van der Waals surface area contributed by atoms with E-state index in [4.69, 9.17) is 9.05 Å². The average Bonchev–Trinajstić information content (AvgIpc) is 2.61. The van der Waals surface area contributed by atoms with Crippen molar-refractivity contribution in [1.29, 1.82) is 0 Å². The van der Waals surface area contributed by atoms with Gasteiger partial charge < -0.3 is 24.6 Å². The van der Waals surface area contributed by atoms with Crippen molar-refractivity contribution in [2.24, 2.45) is 0 Å². The molecule has 2 rings (SSSR count). The maximum atomic E-state index is 13.4. The highest BCUT2D eigenvalue weighted by Crippen LogP contribution is 2.62. The van der Waals surface area contributed by atoms with Gasteiger partial charge >= 0.3 is 7.60 Å². The lowest BCUT2D eigenvalue weighted by Crippen LogP contribution is -2.15. The van der Waals surface area contributed by atoms with Crippen molar-refractivity contribution in [3.63, 3.8) is 0 Å². The molecule has 0 aliphatic heterocycles. The molecule has 1 atom stereocenters. The Balaban J connectivity index is 2.57. The Bertz CT molecular complexity index is 893. The molecular weight excluding hydrogens is 387 g/mol. The van der Waals surface area contributed by atoms with Gasteiger partial charge in [0.25, 0.3) is 5.69 Å². The summed E-state index contributed by atoms with van der Waals surface area (Å²) in [6, 6.07) is 8.26. The van der Waals surface area contributed by atoms with E-state index in [1.165, 1.54) is 18.2 Å². The number of nitrogens with one attached hydrogen (secondary N) is 1. The molecule has 0 fully saturated rings. The second-order valence-corrected chi connectivity index (χ2v) is 8.04. The third-order valence-electron chi connectivity index (χ3n) is 3.95. The van der Waals surface area contributed by atoms with Gasteiger partial charge in [-0.3, -0.25) is 14.7 Å². The molecule has 2 aromatic rings. The van der Waals surface area contributed by atoms with Gasteiger partial charge in [0, 0.05) is 28.9 Å². The largest absolute Gasteiger partial charge is 0.508 e. The Morgan fingerprint density at radius 3 is 2.32 bits per heavy atom. The Labute approximate surface area is 162 Å². The normalized spacial score (nSPS) is 12.5. The van der Waals surface area contributed by atoms with Crippen molar-refractivity contribution in [3.05, 3.63) is 57.6 Å². The van der Waals surface area contributed by atoms with E-state index in [1.807, 2.05) is 0 Å². The van der Waals surface area contributed by atoms with Crippen molar-refractivity contribution in [2.75, 3.05) is 18.5 Å². The van der Waals surface area contributed by atoms with Crippen LogP contribution in [0.25, 0.3) is 0 Å². The van der Waals surface area contributed by atoms with Gasteiger partial charge in [-0.25, -0.2) is 0 Å². The molecule has 0 amide bonds. The number of nitro benzene ring substituents is 1. The van der Waals surface area contributed by atoms with Crippen molar-refractivity contribution < 1.29 is 28.7 Å². The molecule has 152 valence electrons. The van der Waals surface area contributed by atoms with Gasteiger partial charge in [0.05, 0.1) is 18.1 Å². The minimum Gasteiger partial charge on any atom is -0.508 e. The van der Waals surface area contributed by atoms with Crippen molar-refractivity contribution in [1.82, 2.24) is 0 Å². The van der Waals surface area contributed by atoms with Crippen molar-refractivity contribution in [2.45, 2.75) is 26.6 Å². The zero-order valence-electron chi connectivity index (χ0n) is 15.8. The Kier molecular flexibility index (Phi) is 7.01. The minimum atomic E-state index is -3.83. The Morgan fingerprint density at radius 1 is 1.14 bits per heavy atom. The van der Waals surface area contributed by atoms with Crippen molar-refractivity contribution >= 4 is 19.0 Å². The van der Waals surface area contributed by atoms with Crippen LogP contribution in [0.5, 0.6) is 11.5 Å². The fraction of sp³-hybridized carbons (Fsp3) is 0.333. The number of aromatic hydroxyl groups is 2. The van der Waals surface area contributed by atoms with E-state index in [0.717, 1.165) is 6.07 Å². The highest BCUT2D eigenvalue weighted by atomic mass is 31.2. The highest BCUT2D eigenvalue weighted by molar-refractivity contribution is 7.54. The topological polar surface area (TPSA) is 131 Å². The first-order chi connectivity index (χ1) is 13.2. The molecule has 0 aliphatic carbocycles. The quantitative estimate of drug-likeness (QED) is 0.308. The molecule has 0 saturated heterocycles. The number of nitro groups is 1. The maximum absolute atomic E-state index is 13.4. The summed E-state index contributed by atoms with van der Waals surface area (Å²) in [6.45, 7) is 5.08. The van der Waals surface area contributed by atoms with Gasteiger partial charge in [-0.05, 0) is 39.0 Å². The standard InChI is InChI=1S/C18H23N2O7P/c1-4-26-28(25,27-5-2)18(15-9-8-14(21)11-17(15)22)19-13-7-6-12(3)16(10-13)20(23)24/h6-11,18-19,21-22H,4-5H2,1-3H3. The molecule has 1 unspecified atom stereocenters. The van der Waals surface area contributed by atoms with Crippen LogP contribution in [0.1, 0.15) is 30.8 Å². The first kappa shape index (κ1) is 21.7. The van der Waals surface area contributed by atoms with E-state index in [9.17, 15) is 24.9 Å². The highest BCUT2D eigenvalue weighted by Gasteiger charge is 2.39. The van der Waals surface area contributed by atoms with Crippen LogP contribution in [0.4, 0.5) is 11.4 Å². The second-order valence-electron chi connectivity index (χ2n) is 5.92. The first-order valence-corrected chi connectivity index (χ1v) is 10.2. The van der Waals surface area contributed by atoms with Crippen LogP contribution < -0.4 is 5.32 Å². The predicted molar refractivity (Wildman–Crippen MR) is 105 cm³/mol. The van der Waals surface area contributed by atoms with Crippen molar-refractivity contribution in [3.8, 4) is 11.5 Å². The van der Waals surface area contributed by atoms with Gasteiger partial charge in [-0.1, -0.05) is 6.07 Å². The molecule has 3 N–H and O–H groups in total. The van der Waals surface area contributed by atoms with Gasteiger partial charge in [-0.15, -0.1) is 0 Å². The number of hydrogen-bond acceptors (Lipinski definition) is 8. The molecule has 0 radical (unpaired) electrons. The summed E-state index contributed by atoms with van der Waals surface area (Å²) in [6.07, 6.45) is 0. The number of nitrogens with zero attached hydrogens (tertiary/aromatic N) is 1. The van der Waals surface area contributed by atoms with Crippen LogP contribution in [0.2, 0.25) is 0 Å². The molecular formula is C18H23N2O7P. The number of benzene rings is 2. The first-order valence-electron chi connectivity index (χ1n) is 8.64. The monoisotopic (exact) mass is 410 g/mol. The van der Waals surface area contributed by atoms with Crippen LogP contribution in [0.3, 0.4) is 0 Å². The van der Waals surface area contributed by atoms with Crippen LogP contribution >= 0.6 is 7.60 Å². The smallest absolute Gasteiger partial charge is 0.357 e. The molecule has 0 heterocycles. The summed E-state index contributed by atoms with van der Waals surface area (Å²) in [7, 11) is -3.83. The number of aryl methyl sites for hydroxylation is 1. The van der Waals surface area contributed by atoms with E-state index in [1.54, 1.807) is 32.9 Å². The predicted octanol–water partition coefficient (Wildman–Crippen LogP) is 4.69. The van der Waals surface area contributed by atoms with Crippen LogP contribution in [0, 0.1) is 17.0 Å². The third-order valence-corrected chi connectivity index (χ3v) is 6.23. The van der Waals surface area contributed by atoms with E-state index in [-0.39, 0.29) is 36.0 Å². The summed E-state index contributed by atoms with van der Waals surface area (Å²) < 4.78 is 24.2. The average molecular weight is 410 g/mol. The molecule has 0 bridgehead atoms. The molecule has 9 nitrogen and oxygen atoms in total. The fourth-order valence-corrected chi connectivity index (χ4v) is 4.65. The van der Waals surface area contributed by atoms with E-state index in [2.05, 4.69) is 5.32 Å². The SMILES string of the molecule is CCOP(=O)(OCC)C(Nc1ccc(C)c([N+](=O)[O-])c1)c1ccc(O)cc1O. The van der Waals surface area contributed by atoms with Gasteiger partial charge in [-0.2, -0.15) is 0 Å². The molecule has 0 aliphatic rings. The maximum Gasteiger partial charge on any atom is 0.357 e. The molecule has 10 heteroatoms. The minimum absolute atomic E-state index is 0.0857. The van der Waals surface area contributed by atoms with Crippen LogP contribution in [-0.4, -0.2) is 28.4 Å². The van der Waals surface area contributed by atoms with E-state index >= 15 is 0 Å². The van der Waals surface area contributed by atoms with Gasteiger partial charge in [0.2, 0.25) is 0 Å². The molecule has 0 aromatic heterocycles. The Hall–Kier alpha value is -2.61. The second kappa shape index (κ2) is 9.05. The zero-order chi connectivity index (χ0) is 20.9. The number of rotatable bonds is 9.